The van der Waals surface area contributed by atoms with Gasteiger partial charge in [-0.15, -0.1) is 0 Å². The summed E-state index contributed by atoms with van der Waals surface area (Å²) in [6.07, 6.45) is -11.7. The Balaban J connectivity index is 1.00. The van der Waals surface area contributed by atoms with Crippen LogP contribution in [0, 0.1) is 0 Å². The first-order chi connectivity index (χ1) is 37.3. The molecule has 3 aliphatic heterocycles. The molecule has 0 aromatic heterocycles. The molecule has 0 aliphatic carbocycles. The van der Waals surface area contributed by atoms with E-state index in [4.69, 9.17) is 18.9 Å². The van der Waals surface area contributed by atoms with Crippen LogP contribution in [0.4, 0.5) is 26.3 Å². The summed E-state index contributed by atoms with van der Waals surface area (Å²) in [5.41, 5.74) is -3.53. The fourth-order valence-electron chi connectivity index (χ4n) is 10.3. The summed E-state index contributed by atoms with van der Waals surface area (Å²) in [5.74, 6) is 0.423. The van der Waals surface area contributed by atoms with Gasteiger partial charge in [-0.25, -0.2) is 0 Å². The number of alkyl halides is 6. The smallest absolute Gasteiger partial charge is 0.411 e. The first-order valence-electron chi connectivity index (χ1n) is 24.7. The van der Waals surface area contributed by atoms with Gasteiger partial charge in [0.25, 0.3) is 11.8 Å². The van der Waals surface area contributed by atoms with Crippen molar-refractivity contribution in [3.8, 4) is 45.3 Å². The largest absolute Gasteiger partial charge is 0.488 e. The Morgan fingerprint density at radius 1 is 0.338 bits per heavy atom. The highest BCUT2D eigenvalue weighted by Gasteiger charge is 2.72. The van der Waals surface area contributed by atoms with Crippen molar-refractivity contribution in [3.63, 3.8) is 0 Å². The lowest BCUT2D eigenvalue weighted by Gasteiger charge is -2.38. The van der Waals surface area contributed by atoms with Crippen LogP contribution in [0.2, 0.25) is 0 Å². The summed E-state index contributed by atoms with van der Waals surface area (Å²) in [6.45, 7) is -1.12. The van der Waals surface area contributed by atoms with Crippen LogP contribution >= 0.6 is 0 Å². The summed E-state index contributed by atoms with van der Waals surface area (Å²) in [6, 6.07) is 52.8. The number of ether oxygens (including phenoxy) is 4. The number of hydrogen-bond donors (Lipinski definition) is 2. The van der Waals surface area contributed by atoms with Gasteiger partial charge in [0.15, 0.2) is 13.2 Å². The molecule has 0 atom stereocenters. The molecule has 10 aromatic rings. The number of carbonyl (C=O) groups is 2. The zero-order chi connectivity index (χ0) is 53.3. The number of fused-ring (bicyclic) bond motifs is 6. The third-order valence-electron chi connectivity index (χ3n) is 14.0. The number of amides is 2. The molecule has 0 saturated heterocycles. The van der Waals surface area contributed by atoms with Gasteiger partial charge in [0, 0.05) is 35.3 Å². The Kier molecular flexibility index (Phi) is 13.4. The molecule has 8 nitrogen and oxygen atoms in total. The van der Waals surface area contributed by atoms with Gasteiger partial charge >= 0.3 is 12.4 Å². The number of nitrogens with one attached hydrogen (secondary N) is 2. The lowest BCUT2D eigenvalue weighted by atomic mass is 9.72. The normalized spacial score (nSPS) is 14.8. The van der Waals surface area contributed by atoms with Crippen molar-refractivity contribution in [2.45, 2.75) is 31.0 Å². The van der Waals surface area contributed by atoms with E-state index in [1.54, 1.807) is 24.3 Å². The highest BCUT2D eigenvalue weighted by Crippen LogP contribution is 2.56. The molecule has 0 unspecified atom stereocenters. The average molecular weight is 1040 g/mol. The van der Waals surface area contributed by atoms with Crippen LogP contribution in [-0.2, 0) is 28.2 Å². The molecule has 3 aliphatic rings. The molecular formula is C63H46F6N2O6. The standard InChI is InChI=1S/C63H46F6N2O6/c64-62(65,66)61(63(67,68)69)45-25-17-39(18-26-45)35-74-51-29-21-41-9-1-5-13-47(41)57(51)59-49-15-7-3-11-43(49)23-31-53(59)76-37-55(72)70-33-34-71-56(73)38-77-54-32-24-44-12-4-8-16-50(44)60(54)58-48-14-6-2-10-42(48)22-30-52(58)75-36-40-19-27-46(61)28-20-40/h1-32H,33-38H2,(H,70,72)(H,71,73). The molecular weight excluding hydrogens is 995 g/mol. The van der Waals surface area contributed by atoms with E-state index in [1.165, 1.54) is 24.3 Å². The molecule has 0 radical (unpaired) electrons. The molecule has 2 N–H and O–H groups in total. The monoisotopic (exact) mass is 1040 g/mol. The molecule has 3 heterocycles. The van der Waals surface area contributed by atoms with Gasteiger partial charge in [-0.3, -0.25) is 9.59 Å². The van der Waals surface area contributed by atoms with E-state index in [0.717, 1.165) is 67.4 Å². The Hall–Kier alpha value is -9.04. The van der Waals surface area contributed by atoms with Crippen molar-refractivity contribution in [2.75, 3.05) is 26.3 Å². The van der Waals surface area contributed by atoms with Crippen LogP contribution < -0.4 is 29.6 Å². The lowest BCUT2D eigenvalue weighted by molar-refractivity contribution is -0.288. The van der Waals surface area contributed by atoms with Gasteiger partial charge < -0.3 is 29.6 Å². The van der Waals surface area contributed by atoms with Gasteiger partial charge in [-0.2, -0.15) is 26.3 Å². The van der Waals surface area contributed by atoms with E-state index in [1.807, 2.05) is 121 Å². The maximum Gasteiger partial charge on any atom is 0.411 e. The van der Waals surface area contributed by atoms with Crippen LogP contribution in [0.3, 0.4) is 0 Å². The quantitative estimate of drug-likeness (QED) is 0.147. The van der Waals surface area contributed by atoms with E-state index in [0.29, 0.717) is 56.4 Å². The van der Waals surface area contributed by atoms with Crippen molar-refractivity contribution in [2.24, 2.45) is 0 Å². The van der Waals surface area contributed by atoms with Gasteiger partial charge in [-0.05, 0) is 89.6 Å². The molecule has 77 heavy (non-hydrogen) atoms. The van der Waals surface area contributed by atoms with E-state index in [9.17, 15) is 9.59 Å². The zero-order valence-corrected chi connectivity index (χ0v) is 40.9. The fraction of sp³-hybridized carbons (Fsp3) is 0.143. The minimum atomic E-state index is -5.84. The van der Waals surface area contributed by atoms with E-state index < -0.39 is 53.9 Å². The summed E-state index contributed by atoms with van der Waals surface area (Å²) in [5, 5.41) is 12.0. The van der Waals surface area contributed by atoms with Crippen LogP contribution in [0.15, 0.2) is 194 Å². The second-order valence-corrected chi connectivity index (χ2v) is 18.6. The molecule has 0 spiro atoms. The highest BCUT2D eigenvalue weighted by atomic mass is 19.4. The molecule has 14 heteroatoms. The van der Waals surface area contributed by atoms with Crippen molar-refractivity contribution in [3.05, 3.63) is 216 Å². The third-order valence-corrected chi connectivity index (χ3v) is 14.0. The van der Waals surface area contributed by atoms with E-state index in [2.05, 4.69) is 10.6 Å². The highest BCUT2D eigenvalue weighted by molar-refractivity contribution is 6.11. The molecule has 13 rings (SSSR count). The third kappa shape index (κ3) is 9.56. The van der Waals surface area contributed by atoms with Crippen molar-refractivity contribution >= 4 is 54.9 Å². The molecule has 4 bridgehead atoms. The predicted molar refractivity (Wildman–Crippen MR) is 285 cm³/mol. The Labute approximate surface area is 437 Å². The Morgan fingerprint density at radius 3 is 0.896 bits per heavy atom. The van der Waals surface area contributed by atoms with Crippen molar-refractivity contribution < 1.29 is 54.9 Å². The Bertz CT molecular complexity index is 3610. The second kappa shape index (κ2) is 20.6. The number of rotatable bonds is 0. The van der Waals surface area contributed by atoms with Crippen LogP contribution in [0.1, 0.15) is 22.3 Å². The van der Waals surface area contributed by atoms with Crippen molar-refractivity contribution in [1.29, 1.82) is 0 Å². The number of benzene rings is 10. The minimum absolute atomic E-state index is 0.0782. The van der Waals surface area contributed by atoms with Gasteiger partial charge in [0.05, 0.1) is 0 Å². The van der Waals surface area contributed by atoms with E-state index in [-0.39, 0.29) is 26.3 Å². The molecule has 0 saturated carbocycles. The number of hydrogen-bond acceptors (Lipinski definition) is 6. The zero-order valence-electron chi connectivity index (χ0n) is 40.9. The molecule has 0 fully saturated rings. The topological polar surface area (TPSA) is 95.1 Å². The van der Waals surface area contributed by atoms with Gasteiger partial charge in [0.1, 0.15) is 36.2 Å². The van der Waals surface area contributed by atoms with Gasteiger partial charge in [-0.1, -0.05) is 170 Å². The summed E-state index contributed by atoms with van der Waals surface area (Å²) >= 11 is 0. The fourth-order valence-corrected chi connectivity index (χ4v) is 10.3. The van der Waals surface area contributed by atoms with Crippen LogP contribution in [-0.4, -0.2) is 50.5 Å². The maximum absolute atomic E-state index is 15.5. The Morgan fingerprint density at radius 2 is 0.610 bits per heavy atom. The lowest BCUT2D eigenvalue weighted by Crippen LogP contribution is -2.54. The second-order valence-electron chi connectivity index (χ2n) is 18.6. The van der Waals surface area contributed by atoms with Gasteiger partial charge in [0.2, 0.25) is 5.41 Å². The molecule has 2 amide bonds. The SMILES string of the molecule is O=C1COc2ccc3ccccc3c2-c2c(ccc3ccccc23)OCc2ccc(cc2)C(C(F)(F)F)(C(F)(F)F)c2ccc(cc2)COc2ccc3ccccc3c2-c2c(ccc3ccccc23)OCC(=O)NCCN1. The summed E-state index contributed by atoms with van der Waals surface area (Å²) in [4.78, 5) is 26.8. The summed E-state index contributed by atoms with van der Waals surface area (Å²) < 4.78 is 119. The van der Waals surface area contributed by atoms with Crippen LogP contribution in [0.5, 0.6) is 23.0 Å². The number of carbonyl (C=O) groups excluding carboxylic acids is 2. The maximum atomic E-state index is 15.5. The predicted octanol–water partition coefficient (Wildman–Crippen LogP) is 14.2. The molecule has 386 valence electrons. The average Bonchev–Trinajstić information content (AvgIpc) is 3.62. The van der Waals surface area contributed by atoms with E-state index >= 15 is 26.3 Å². The van der Waals surface area contributed by atoms with Crippen molar-refractivity contribution in [1.82, 2.24) is 10.6 Å². The first kappa shape index (κ1) is 50.1. The van der Waals surface area contributed by atoms with Crippen LogP contribution in [0.25, 0.3) is 65.3 Å². The first-order valence-corrected chi connectivity index (χ1v) is 24.7. The number of halogens is 6. The molecule has 10 aromatic carbocycles. The minimum Gasteiger partial charge on any atom is -0.488 e. The summed E-state index contributed by atoms with van der Waals surface area (Å²) in [7, 11) is 0.